The number of fused-ring (bicyclic) bond motifs is 4. The van der Waals surface area contributed by atoms with E-state index in [1.165, 1.54) is 0 Å². The molecule has 100 valence electrons. The first-order valence-corrected chi connectivity index (χ1v) is 6.57. The molecule has 6 nitrogen and oxygen atoms in total. The van der Waals surface area contributed by atoms with Gasteiger partial charge >= 0.3 is 23.9 Å². The highest BCUT2D eigenvalue weighted by Gasteiger charge is 2.61. The topological polar surface area (TPSA) is 86.7 Å². The molecule has 0 bridgehead atoms. The van der Waals surface area contributed by atoms with Gasteiger partial charge in [-0.2, -0.15) is 0 Å². The van der Waals surface area contributed by atoms with Crippen molar-refractivity contribution in [3.05, 3.63) is 0 Å². The van der Waals surface area contributed by atoms with E-state index in [1.54, 1.807) is 0 Å². The van der Waals surface area contributed by atoms with Crippen LogP contribution in [-0.4, -0.2) is 23.9 Å². The molecule has 0 radical (unpaired) electrons. The molecule has 19 heavy (non-hydrogen) atoms. The molecule has 2 saturated heterocycles. The molecule has 2 aliphatic heterocycles. The molecule has 0 aromatic carbocycles. The monoisotopic (exact) mass is 264 g/mol. The van der Waals surface area contributed by atoms with Crippen LogP contribution in [0.1, 0.15) is 19.3 Å². The minimum Gasteiger partial charge on any atom is -0.393 e. The standard InChI is InChI=1S/C13H12O6/c14-10-6-1-4-2-8-9(13(17)19-12(8)16)5(4)3-7(6)11(15)18-10/h4-9H,1-3H2. The van der Waals surface area contributed by atoms with Crippen LogP contribution in [0.2, 0.25) is 0 Å². The van der Waals surface area contributed by atoms with Crippen molar-refractivity contribution >= 4 is 23.9 Å². The van der Waals surface area contributed by atoms with Crippen molar-refractivity contribution in [3.8, 4) is 0 Å². The maximum atomic E-state index is 11.7. The molecule has 2 heterocycles. The lowest BCUT2D eigenvalue weighted by Crippen LogP contribution is -2.34. The van der Waals surface area contributed by atoms with Crippen LogP contribution >= 0.6 is 0 Å². The van der Waals surface area contributed by atoms with Crippen LogP contribution in [0.15, 0.2) is 0 Å². The van der Waals surface area contributed by atoms with E-state index in [9.17, 15) is 19.2 Å². The molecule has 2 saturated carbocycles. The third-order valence-electron chi connectivity index (χ3n) is 5.21. The number of ether oxygens (including phenoxy) is 2. The molecule has 6 heteroatoms. The molecule has 4 aliphatic rings. The summed E-state index contributed by atoms with van der Waals surface area (Å²) in [5.41, 5.74) is 0. The number of carbonyl (C=O) groups is 4. The highest BCUT2D eigenvalue weighted by atomic mass is 16.6. The zero-order chi connectivity index (χ0) is 13.3. The predicted molar refractivity (Wildman–Crippen MR) is 57.0 cm³/mol. The average Bonchev–Trinajstić information content (AvgIpc) is 2.94. The molecule has 6 atom stereocenters. The molecule has 0 spiro atoms. The Morgan fingerprint density at radius 1 is 0.684 bits per heavy atom. The van der Waals surface area contributed by atoms with Gasteiger partial charge in [0.25, 0.3) is 0 Å². The van der Waals surface area contributed by atoms with Crippen molar-refractivity contribution in [1.82, 2.24) is 0 Å². The van der Waals surface area contributed by atoms with Gasteiger partial charge in [-0.1, -0.05) is 0 Å². The third-order valence-corrected chi connectivity index (χ3v) is 5.21. The van der Waals surface area contributed by atoms with Crippen molar-refractivity contribution in [1.29, 1.82) is 0 Å². The first-order chi connectivity index (χ1) is 9.06. The lowest BCUT2D eigenvalue weighted by atomic mass is 9.68. The first-order valence-electron chi connectivity index (χ1n) is 6.57. The van der Waals surface area contributed by atoms with Gasteiger partial charge in [0, 0.05) is 0 Å². The van der Waals surface area contributed by atoms with Gasteiger partial charge in [0.1, 0.15) is 0 Å². The van der Waals surface area contributed by atoms with Gasteiger partial charge in [0.05, 0.1) is 23.7 Å². The lowest BCUT2D eigenvalue weighted by Gasteiger charge is -2.32. The molecular formula is C13H12O6. The first kappa shape index (κ1) is 11.1. The second-order valence-electron chi connectivity index (χ2n) is 5.96. The number of esters is 4. The number of carbonyl (C=O) groups excluding carboxylic acids is 4. The van der Waals surface area contributed by atoms with E-state index in [4.69, 9.17) is 0 Å². The Morgan fingerprint density at radius 2 is 1.21 bits per heavy atom. The second kappa shape index (κ2) is 3.43. The van der Waals surface area contributed by atoms with Gasteiger partial charge < -0.3 is 9.47 Å². The molecule has 0 N–H and O–H groups in total. The Labute approximate surface area is 108 Å². The second-order valence-corrected chi connectivity index (χ2v) is 5.96. The van der Waals surface area contributed by atoms with E-state index in [-0.39, 0.29) is 23.7 Å². The molecule has 0 amide bonds. The zero-order valence-corrected chi connectivity index (χ0v) is 10.0. The van der Waals surface area contributed by atoms with Crippen LogP contribution in [-0.2, 0) is 28.7 Å². The molecule has 2 aliphatic carbocycles. The van der Waals surface area contributed by atoms with E-state index in [1.807, 2.05) is 0 Å². The van der Waals surface area contributed by atoms with E-state index < -0.39 is 35.7 Å². The number of hydrogen-bond acceptors (Lipinski definition) is 6. The largest absolute Gasteiger partial charge is 0.393 e. The van der Waals surface area contributed by atoms with Gasteiger partial charge in [-0.25, -0.2) is 0 Å². The van der Waals surface area contributed by atoms with E-state index in [0.29, 0.717) is 19.3 Å². The lowest BCUT2D eigenvalue weighted by molar-refractivity contribution is -0.156. The molecule has 6 unspecified atom stereocenters. The maximum absolute atomic E-state index is 11.7. The summed E-state index contributed by atoms with van der Waals surface area (Å²) in [6, 6.07) is 0. The van der Waals surface area contributed by atoms with Gasteiger partial charge in [-0.15, -0.1) is 0 Å². The maximum Gasteiger partial charge on any atom is 0.317 e. The average molecular weight is 264 g/mol. The summed E-state index contributed by atoms with van der Waals surface area (Å²) in [6.07, 6.45) is 1.60. The van der Waals surface area contributed by atoms with E-state index in [0.717, 1.165) is 0 Å². The Bertz CT molecular complexity index is 511. The molecule has 4 fully saturated rings. The SMILES string of the molecule is O=C1OC(=O)C2CC3C(CC12)CC1C(=O)OC(=O)C13. The molecule has 0 aromatic heterocycles. The minimum absolute atomic E-state index is 0.0244. The minimum atomic E-state index is -0.477. The molecular weight excluding hydrogens is 252 g/mol. The van der Waals surface area contributed by atoms with Gasteiger partial charge in [-0.3, -0.25) is 19.2 Å². The third kappa shape index (κ3) is 1.31. The van der Waals surface area contributed by atoms with Crippen LogP contribution in [0.5, 0.6) is 0 Å². The van der Waals surface area contributed by atoms with Crippen LogP contribution < -0.4 is 0 Å². The highest BCUT2D eigenvalue weighted by molar-refractivity contribution is 5.98. The molecule has 0 aromatic rings. The predicted octanol–water partition coefficient (Wildman–Crippen LogP) is 0.0479. The van der Waals surface area contributed by atoms with Crippen LogP contribution in [0.25, 0.3) is 0 Å². The smallest absolute Gasteiger partial charge is 0.317 e. The Kier molecular flexibility index (Phi) is 2.01. The number of hydrogen-bond donors (Lipinski definition) is 0. The van der Waals surface area contributed by atoms with Gasteiger partial charge in [0.15, 0.2) is 0 Å². The summed E-state index contributed by atoms with van der Waals surface area (Å²) in [5.74, 6) is -3.30. The van der Waals surface area contributed by atoms with Gasteiger partial charge in [-0.05, 0) is 31.1 Å². The quantitative estimate of drug-likeness (QED) is 0.454. The fraction of sp³-hybridized carbons (Fsp3) is 0.692. The summed E-state index contributed by atoms with van der Waals surface area (Å²) in [7, 11) is 0. The van der Waals surface area contributed by atoms with E-state index >= 15 is 0 Å². The van der Waals surface area contributed by atoms with Crippen molar-refractivity contribution in [2.45, 2.75) is 19.3 Å². The van der Waals surface area contributed by atoms with Crippen molar-refractivity contribution in [2.24, 2.45) is 35.5 Å². The Morgan fingerprint density at radius 3 is 1.95 bits per heavy atom. The van der Waals surface area contributed by atoms with Crippen molar-refractivity contribution in [3.63, 3.8) is 0 Å². The summed E-state index contributed by atoms with van der Waals surface area (Å²) in [6.45, 7) is 0. The summed E-state index contributed by atoms with van der Waals surface area (Å²) in [5, 5.41) is 0. The van der Waals surface area contributed by atoms with Crippen LogP contribution in [0, 0.1) is 35.5 Å². The summed E-state index contributed by atoms with van der Waals surface area (Å²) >= 11 is 0. The van der Waals surface area contributed by atoms with Crippen LogP contribution in [0.4, 0.5) is 0 Å². The number of rotatable bonds is 0. The Balaban J connectivity index is 1.66. The van der Waals surface area contributed by atoms with Crippen molar-refractivity contribution in [2.75, 3.05) is 0 Å². The van der Waals surface area contributed by atoms with Gasteiger partial charge in [0.2, 0.25) is 0 Å². The zero-order valence-electron chi connectivity index (χ0n) is 10.0. The van der Waals surface area contributed by atoms with Crippen LogP contribution in [0.3, 0.4) is 0 Å². The summed E-state index contributed by atoms with van der Waals surface area (Å²) < 4.78 is 9.35. The highest BCUT2D eigenvalue weighted by Crippen LogP contribution is 2.56. The normalized spacial score (nSPS) is 47.6. The number of cyclic esters (lactones) is 4. The fourth-order valence-electron chi connectivity index (χ4n) is 4.39. The van der Waals surface area contributed by atoms with Crippen molar-refractivity contribution < 1.29 is 28.7 Å². The summed E-state index contributed by atoms with van der Waals surface area (Å²) in [4.78, 5) is 46.5. The fourth-order valence-corrected chi connectivity index (χ4v) is 4.39. The van der Waals surface area contributed by atoms with E-state index in [2.05, 4.69) is 9.47 Å². The molecule has 4 rings (SSSR count). The Hall–Kier alpha value is -1.72.